The Labute approximate surface area is 65.6 Å². The van der Waals surface area contributed by atoms with Crippen molar-refractivity contribution < 1.29 is 0 Å². The van der Waals surface area contributed by atoms with Crippen LogP contribution in [0, 0.1) is 5.25 Å². The van der Waals surface area contributed by atoms with Crippen molar-refractivity contribution in [3.63, 3.8) is 0 Å². The van der Waals surface area contributed by atoms with Gasteiger partial charge in [-0.3, -0.25) is 0 Å². The minimum absolute atomic E-state index is 1.17. The zero-order valence-corrected chi connectivity index (χ0v) is 6.74. The predicted molar refractivity (Wildman–Crippen MR) is 44.9 cm³/mol. The van der Waals surface area contributed by atoms with E-state index in [9.17, 15) is 0 Å². The summed E-state index contributed by atoms with van der Waals surface area (Å²) >= 11 is 1.91. The van der Waals surface area contributed by atoms with Gasteiger partial charge in [-0.2, -0.15) is 0 Å². The van der Waals surface area contributed by atoms with Gasteiger partial charge in [-0.25, -0.2) is 0 Å². The van der Waals surface area contributed by atoms with Gasteiger partial charge in [-0.15, -0.1) is 11.8 Å². The van der Waals surface area contributed by atoms with E-state index in [0.717, 1.165) is 0 Å². The van der Waals surface area contributed by atoms with Crippen LogP contribution in [0.4, 0.5) is 0 Å². The van der Waals surface area contributed by atoms with Crippen LogP contribution in [0.3, 0.4) is 0 Å². The van der Waals surface area contributed by atoms with Crippen LogP contribution < -0.4 is 0 Å². The molecule has 0 bridgehead atoms. The van der Waals surface area contributed by atoms with Gasteiger partial charge in [-0.05, 0) is 25.0 Å². The van der Waals surface area contributed by atoms with Crippen LogP contribution in [0.2, 0.25) is 0 Å². The molecule has 1 aliphatic rings. The van der Waals surface area contributed by atoms with Crippen molar-refractivity contribution in [1.82, 2.24) is 0 Å². The summed E-state index contributed by atoms with van der Waals surface area (Å²) < 4.78 is 0. The molecule has 51 valence electrons. The minimum atomic E-state index is 1.17. The van der Waals surface area contributed by atoms with Crippen molar-refractivity contribution in [3.05, 3.63) is 35.1 Å². The van der Waals surface area contributed by atoms with Crippen molar-refractivity contribution in [2.45, 2.75) is 18.2 Å². The maximum atomic E-state index is 2.21. The fourth-order valence-corrected chi connectivity index (χ4v) is 2.26. The van der Waals surface area contributed by atoms with Crippen molar-refractivity contribution in [2.75, 3.05) is 0 Å². The molecule has 2 rings (SSSR count). The lowest BCUT2D eigenvalue weighted by Crippen LogP contribution is -1.80. The molecule has 0 atom stereocenters. The molecule has 1 aliphatic heterocycles. The Morgan fingerprint density at radius 2 is 2.10 bits per heavy atom. The third kappa shape index (κ3) is 0.948. The molecule has 0 fully saturated rings. The van der Waals surface area contributed by atoms with Gasteiger partial charge >= 0.3 is 0 Å². The highest BCUT2D eigenvalue weighted by molar-refractivity contribution is 8.02. The number of fused-ring (bicyclic) bond motifs is 1. The molecule has 1 aromatic rings. The van der Waals surface area contributed by atoms with Gasteiger partial charge in [0.2, 0.25) is 0 Å². The Morgan fingerprint density at radius 1 is 1.30 bits per heavy atom. The first-order chi connectivity index (χ1) is 4.86. The van der Waals surface area contributed by atoms with Gasteiger partial charge in [0, 0.05) is 10.1 Å². The first-order valence-corrected chi connectivity index (χ1v) is 4.26. The van der Waals surface area contributed by atoms with Crippen LogP contribution in [0.5, 0.6) is 0 Å². The third-order valence-corrected chi connectivity index (χ3v) is 2.81. The molecule has 0 aliphatic carbocycles. The highest BCUT2D eigenvalue weighted by Crippen LogP contribution is 2.40. The molecule has 0 aromatic heterocycles. The minimum Gasteiger partial charge on any atom is -0.118 e. The molecule has 0 N–H and O–H groups in total. The molecule has 0 saturated carbocycles. The average molecular weight is 149 g/mol. The van der Waals surface area contributed by atoms with Crippen LogP contribution in [-0.2, 0) is 6.42 Å². The fourth-order valence-electron chi connectivity index (χ4n) is 1.24. The van der Waals surface area contributed by atoms with Crippen LogP contribution >= 0.6 is 11.8 Å². The Balaban J connectivity index is 2.42. The molecular weight excluding hydrogens is 140 g/mol. The van der Waals surface area contributed by atoms with E-state index in [2.05, 4.69) is 31.2 Å². The van der Waals surface area contributed by atoms with Gasteiger partial charge in [0.15, 0.2) is 0 Å². The van der Waals surface area contributed by atoms with Gasteiger partial charge < -0.3 is 0 Å². The predicted octanol–water partition coefficient (Wildman–Crippen LogP) is 2.89. The summed E-state index contributed by atoms with van der Waals surface area (Å²) in [5, 5.41) is 1.52. The largest absolute Gasteiger partial charge is 0.118 e. The highest BCUT2D eigenvalue weighted by Gasteiger charge is 2.17. The van der Waals surface area contributed by atoms with Crippen LogP contribution in [0.15, 0.2) is 29.2 Å². The summed E-state index contributed by atoms with van der Waals surface area (Å²) in [6.45, 7) is 2.20. The molecule has 0 amide bonds. The zero-order chi connectivity index (χ0) is 6.97. The molecule has 1 heteroatoms. The van der Waals surface area contributed by atoms with E-state index < -0.39 is 0 Å². The lowest BCUT2D eigenvalue weighted by Gasteiger charge is -1.92. The van der Waals surface area contributed by atoms with Gasteiger partial charge in [0.05, 0.1) is 0 Å². The van der Waals surface area contributed by atoms with E-state index in [1.54, 1.807) is 0 Å². The third-order valence-electron chi connectivity index (χ3n) is 1.70. The first kappa shape index (κ1) is 6.29. The zero-order valence-electron chi connectivity index (χ0n) is 5.92. The molecule has 1 aromatic carbocycles. The molecule has 1 radical (unpaired) electrons. The van der Waals surface area contributed by atoms with Crippen molar-refractivity contribution in [1.29, 1.82) is 0 Å². The monoisotopic (exact) mass is 149 g/mol. The molecule has 0 spiro atoms. The molecule has 0 nitrogen and oxygen atoms in total. The SMILES string of the molecule is C[C]1Cc2ccccc2S1. The highest BCUT2D eigenvalue weighted by atomic mass is 32.2. The normalized spacial score (nSPS) is 17.3. The van der Waals surface area contributed by atoms with Gasteiger partial charge in [-0.1, -0.05) is 18.2 Å². The van der Waals surface area contributed by atoms with Crippen LogP contribution in [0.1, 0.15) is 12.5 Å². The Kier molecular flexibility index (Phi) is 1.46. The van der Waals surface area contributed by atoms with E-state index in [-0.39, 0.29) is 0 Å². The lowest BCUT2D eigenvalue weighted by atomic mass is 10.1. The van der Waals surface area contributed by atoms with E-state index >= 15 is 0 Å². The summed E-state index contributed by atoms with van der Waals surface area (Å²) in [7, 11) is 0. The molecular formula is C9H9S. The van der Waals surface area contributed by atoms with Crippen molar-refractivity contribution >= 4 is 11.8 Å². The smallest absolute Gasteiger partial charge is 0.0370 e. The first-order valence-electron chi connectivity index (χ1n) is 3.44. The van der Waals surface area contributed by atoms with Crippen molar-refractivity contribution in [3.8, 4) is 0 Å². The Morgan fingerprint density at radius 3 is 2.90 bits per heavy atom. The number of rotatable bonds is 0. The number of thioether (sulfide) groups is 1. The molecule has 10 heavy (non-hydrogen) atoms. The van der Waals surface area contributed by atoms with Crippen LogP contribution in [0.25, 0.3) is 0 Å². The number of hydrogen-bond acceptors (Lipinski definition) is 1. The topological polar surface area (TPSA) is 0 Å². The van der Waals surface area contributed by atoms with E-state index in [4.69, 9.17) is 0 Å². The summed E-state index contributed by atoms with van der Waals surface area (Å²) in [5.41, 5.74) is 1.49. The number of hydrogen-bond donors (Lipinski definition) is 0. The summed E-state index contributed by atoms with van der Waals surface area (Å²) in [6.07, 6.45) is 1.17. The van der Waals surface area contributed by atoms with E-state index in [1.807, 2.05) is 11.8 Å². The number of benzene rings is 1. The lowest BCUT2D eigenvalue weighted by molar-refractivity contribution is 1.10. The Hall–Kier alpha value is -0.430. The molecule has 1 heterocycles. The quantitative estimate of drug-likeness (QED) is 0.546. The van der Waals surface area contributed by atoms with E-state index in [1.165, 1.54) is 22.1 Å². The molecule has 0 saturated heterocycles. The maximum absolute atomic E-state index is 2.21. The van der Waals surface area contributed by atoms with Crippen molar-refractivity contribution in [2.24, 2.45) is 0 Å². The van der Waals surface area contributed by atoms with Gasteiger partial charge in [0.1, 0.15) is 0 Å². The second-order valence-electron chi connectivity index (χ2n) is 2.59. The summed E-state index contributed by atoms with van der Waals surface area (Å²) in [5.74, 6) is 0. The fraction of sp³-hybridized carbons (Fsp3) is 0.222. The Bertz CT molecular complexity index is 217. The standard InChI is InChI=1S/C9H9S/c1-7-6-8-4-2-3-5-9(8)10-7/h2-5H,6H2,1H3. The molecule has 0 unspecified atom stereocenters. The second-order valence-corrected chi connectivity index (χ2v) is 3.93. The summed E-state index contributed by atoms with van der Waals surface area (Å²) in [6, 6.07) is 8.61. The van der Waals surface area contributed by atoms with Gasteiger partial charge in [0.25, 0.3) is 0 Å². The van der Waals surface area contributed by atoms with E-state index in [0.29, 0.717) is 0 Å². The second kappa shape index (κ2) is 2.31. The maximum Gasteiger partial charge on any atom is 0.0370 e. The average Bonchev–Trinajstić information content (AvgIpc) is 2.27. The van der Waals surface area contributed by atoms with Crippen LogP contribution in [-0.4, -0.2) is 0 Å². The summed E-state index contributed by atoms with van der Waals surface area (Å²) in [4.78, 5) is 1.44.